The first kappa shape index (κ1) is 10.3. The van der Waals surface area contributed by atoms with Crippen molar-refractivity contribution in [1.82, 2.24) is 0 Å². The number of carbonyl (C=O) groups excluding carboxylic acids is 1. The highest BCUT2D eigenvalue weighted by Crippen LogP contribution is 2.24. The summed E-state index contributed by atoms with van der Waals surface area (Å²) in [7, 11) is 0. The average molecular weight is 195 g/mol. The predicted molar refractivity (Wildman–Crippen MR) is 46.1 cm³/mol. The largest absolute Gasteiger partial charge is 0.294 e. The predicted octanol–water partition coefficient (Wildman–Crippen LogP) is 2.70. The van der Waals surface area contributed by atoms with Crippen LogP contribution < -0.4 is 0 Å². The molecule has 0 unspecified atom stereocenters. The van der Waals surface area contributed by atoms with Gasteiger partial charge in [-0.05, 0) is 25.1 Å². The van der Waals surface area contributed by atoms with E-state index in [-0.39, 0.29) is 16.7 Å². The van der Waals surface area contributed by atoms with E-state index in [2.05, 4.69) is 0 Å². The molecule has 2 nitrogen and oxygen atoms in total. The number of ketones is 1. The van der Waals surface area contributed by atoms with Gasteiger partial charge in [-0.3, -0.25) is 4.79 Å². The Kier molecular flexibility index (Phi) is 2.92. The molecule has 0 atom stereocenters. The fraction of sp³-hybridized carbons (Fsp3) is 0.200. The van der Waals surface area contributed by atoms with Gasteiger partial charge in [0.2, 0.25) is 0 Å². The van der Waals surface area contributed by atoms with Crippen molar-refractivity contribution in [2.24, 2.45) is 0 Å². The molecule has 0 radical (unpaired) electrons. The number of hydrogen-bond acceptors (Lipinski definition) is 2. The van der Waals surface area contributed by atoms with E-state index in [9.17, 15) is 13.6 Å². The van der Waals surface area contributed by atoms with E-state index in [0.717, 1.165) is 6.07 Å². The van der Waals surface area contributed by atoms with Gasteiger partial charge in [-0.1, -0.05) is 0 Å². The number of Topliss-reactive ketones (excluding diaryl/α,β-unsaturated/α-hetero) is 1. The van der Waals surface area contributed by atoms with Crippen LogP contribution >= 0.6 is 0 Å². The molecule has 0 bridgehead atoms. The van der Waals surface area contributed by atoms with Crippen molar-refractivity contribution >= 4 is 5.78 Å². The lowest BCUT2D eigenvalue weighted by molar-refractivity contribution is 0.0999. The van der Waals surface area contributed by atoms with Crippen molar-refractivity contribution in [3.63, 3.8) is 0 Å². The van der Waals surface area contributed by atoms with E-state index >= 15 is 0 Å². The third kappa shape index (κ3) is 1.94. The topological polar surface area (TPSA) is 40.9 Å². The normalized spacial score (nSPS) is 9.93. The third-order valence-electron chi connectivity index (χ3n) is 1.80. The molecule has 0 aliphatic rings. The fourth-order valence-corrected chi connectivity index (χ4v) is 1.13. The van der Waals surface area contributed by atoms with Gasteiger partial charge < -0.3 is 0 Å². The number of benzene rings is 1. The van der Waals surface area contributed by atoms with Gasteiger partial charge in [-0.25, -0.2) is 8.78 Å². The molecule has 0 aliphatic carbocycles. The smallest absolute Gasteiger partial charge is 0.264 e. The Balaban J connectivity index is 3.33. The quantitative estimate of drug-likeness (QED) is 0.680. The van der Waals surface area contributed by atoms with E-state index < -0.39 is 12.2 Å². The Morgan fingerprint density at radius 2 is 2.14 bits per heavy atom. The SMILES string of the molecule is CC(=O)c1ccc(C#N)cc1C(F)F. The van der Waals surface area contributed by atoms with Crippen molar-refractivity contribution in [2.75, 3.05) is 0 Å². The van der Waals surface area contributed by atoms with Crippen molar-refractivity contribution in [3.8, 4) is 6.07 Å². The highest BCUT2D eigenvalue weighted by Gasteiger charge is 2.16. The zero-order valence-corrected chi connectivity index (χ0v) is 7.42. The fourth-order valence-electron chi connectivity index (χ4n) is 1.13. The molecule has 0 amide bonds. The van der Waals surface area contributed by atoms with Crippen LogP contribution in [0.1, 0.15) is 34.8 Å². The van der Waals surface area contributed by atoms with Crippen LogP contribution in [0.2, 0.25) is 0 Å². The molecular weight excluding hydrogens is 188 g/mol. The summed E-state index contributed by atoms with van der Waals surface area (Å²) in [5, 5.41) is 8.49. The second-order valence-electron chi connectivity index (χ2n) is 2.77. The average Bonchev–Trinajstić information content (AvgIpc) is 2.16. The standard InChI is InChI=1S/C10H7F2NO/c1-6(14)8-3-2-7(5-13)4-9(8)10(11)12/h2-4,10H,1H3. The molecule has 1 aromatic carbocycles. The first-order chi connectivity index (χ1) is 6.56. The molecule has 0 saturated heterocycles. The molecule has 72 valence electrons. The first-order valence-corrected chi connectivity index (χ1v) is 3.89. The number of halogens is 2. The Bertz CT molecular complexity index is 407. The summed E-state index contributed by atoms with van der Waals surface area (Å²) in [6.45, 7) is 1.22. The maximum Gasteiger partial charge on any atom is 0.264 e. The minimum Gasteiger partial charge on any atom is -0.294 e. The second-order valence-corrected chi connectivity index (χ2v) is 2.77. The molecular formula is C10H7F2NO. The maximum absolute atomic E-state index is 12.4. The summed E-state index contributed by atoms with van der Waals surface area (Å²) >= 11 is 0. The first-order valence-electron chi connectivity index (χ1n) is 3.89. The summed E-state index contributed by atoms with van der Waals surface area (Å²) in [5.41, 5.74) is -0.277. The number of nitrogens with zero attached hydrogens (tertiary/aromatic N) is 1. The number of rotatable bonds is 2. The van der Waals surface area contributed by atoms with Crippen LogP contribution in [-0.4, -0.2) is 5.78 Å². The molecule has 0 fully saturated rings. The Hall–Kier alpha value is -1.76. The minimum atomic E-state index is -2.73. The maximum atomic E-state index is 12.4. The molecule has 0 aromatic heterocycles. The van der Waals surface area contributed by atoms with Crippen LogP contribution in [-0.2, 0) is 0 Å². The molecule has 0 spiro atoms. The van der Waals surface area contributed by atoms with Crippen LogP contribution in [0.25, 0.3) is 0 Å². The number of alkyl halides is 2. The Labute approximate surface area is 79.8 Å². The van der Waals surface area contributed by atoms with E-state index in [1.54, 1.807) is 6.07 Å². The van der Waals surface area contributed by atoms with E-state index in [4.69, 9.17) is 5.26 Å². The molecule has 0 N–H and O–H groups in total. The van der Waals surface area contributed by atoms with Gasteiger partial charge in [0.15, 0.2) is 5.78 Å². The van der Waals surface area contributed by atoms with Gasteiger partial charge in [0.05, 0.1) is 11.6 Å². The van der Waals surface area contributed by atoms with Gasteiger partial charge in [-0.15, -0.1) is 0 Å². The van der Waals surface area contributed by atoms with Crippen LogP contribution in [0.5, 0.6) is 0 Å². The van der Waals surface area contributed by atoms with Crippen LogP contribution in [0, 0.1) is 11.3 Å². The lowest BCUT2D eigenvalue weighted by Gasteiger charge is -2.05. The molecule has 14 heavy (non-hydrogen) atoms. The van der Waals surface area contributed by atoms with E-state index in [0.29, 0.717) is 0 Å². The lowest BCUT2D eigenvalue weighted by Crippen LogP contribution is -2.00. The van der Waals surface area contributed by atoms with Crippen molar-refractivity contribution in [3.05, 3.63) is 34.9 Å². The van der Waals surface area contributed by atoms with Crippen LogP contribution in [0.3, 0.4) is 0 Å². The van der Waals surface area contributed by atoms with Gasteiger partial charge >= 0.3 is 0 Å². The zero-order valence-electron chi connectivity index (χ0n) is 7.42. The second kappa shape index (κ2) is 3.97. The minimum absolute atomic E-state index is 0.0287. The lowest BCUT2D eigenvalue weighted by atomic mass is 10.0. The Morgan fingerprint density at radius 1 is 1.50 bits per heavy atom. The van der Waals surface area contributed by atoms with Crippen LogP contribution in [0.4, 0.5) is 8.78 Å². The summed E-state index contributed by atoms with van der Waals surface area (Å²) in [6.07, 6.45) is -2.73. The number of hydrogen-bond donors (Lipinski definition) is 0. The Morgan fingerprint density at radius 3 is 2.57 bits per heavy atom. The summed E-state index contributed by atoms with van der Waals surface area (Å²) in [4.78, 5) is 11.0. The molecule has 1 rings (SSSR count). The van der Waals surface area contributed by atoms with Crippen molar-refractivity contribution < 1.29 is 13.6 Å². The molecule has 0 saturated carbocycles. The zero-order chi connectivity index (χ0) is 10.7. The third-order valence-corrected chi connectivity index (χ3v) is 1.80. The van der Waals surface area contributed by atoms with Gasteiger partial charge in [0.1, 0.15) is 0 Å². The van der Waals surface area contributed by atoms with Gasteiger partial charge in [0, 0.05) is 11.1 Å². The summed E-state index contributed by atoms with van der Waals surface area (Å²) in [6, 6.07) is 5.39. The summed E-state index contributed by atoms with van der Waals surface area (Å²) in [5.74, 6) is -0.426. The van der Waals surface area contributed by atoms with Crippen LogP contribution in [0.15, 0.2) is 18.2 Å². The van der Waals surface area contributed by atoms with Crippen molar-refractivity contribution in [2.45, 2.75) is 13.3 Å². The highest BCUT2D eigenvalue weighted by atomic mass is 19.3. The monoisotopic (exact) mass is 195 g/mol. The summed E-state index contributed by atoms with van der Waals surface area (Å²) < 4.78 is 24.9. The van der Waals surface area contributed by atoms with E-state index in [1.807, 2.05) is 0 Å². The number of carbonyl (C=O) groups is 1. The number of nitriles is 1. The van der Waals surface area contributed by atoms with E-state index in [1.165, 1.54) is 19.1 Å². The molecule has 0 heterocycles. The molecule has 1 aromatic rings. The van der Waals surface area contributed by atoms with Crippen molar-refractivity contribution in [1.29, 1.82) is 5.26 Å². The highest BCUT2D eigenvalue weighted by molar-refractivity contribution is 5.95. The molecule has 0 aliphatic heterocycles. The van der Waals surface area contributed by atoms with Gasteiger partial charge in [-0.2, -0.15) is 5.26 Å². The van der Waals surface area contributed by atoms with Gasteiger partial charge in [0.25, 0.3) is 6.43 Å². The molecule has 4 heteroatoms.